The van der Waals surface area contributed by atoms with Crippen LogP contribution >= 0.6 is 0 Å². The van der Waals surface area contributed by atoms with E-state index in [1.807, 2.05) is 0 Å². The van der Waals surface area contributed by atoms with Crippen LogP contribution in [0.3, 0.4) is 0 Å². The van der Waals surface area contributed by atoms with E-state index in [-0.39, 0.29) is 0 Å². The average Bonchev–Trinajstić information content (AvgIpc) is 2.59. The maximum Gasteiger partial charge on any atom is 0.0478 e. The predicted molar refractivity (Wildman–Crippen MR) is 78.1 cm³/mol. The van der Waals surface area contributed by atoms with Gasteiger partial charge in [-0.25, -0.2) is 0 Å². The predicted octanol–water partition coefficient (Wildman–Crippen LogP) is 2.66. The fourth-order valence-electron chi connectivity index (χ4n) is 2.56. The molecule has 3 heteroatoms. The Hall–Kier alpha value is -0.120. The maximum atomic E-state index is 5.63. The second kappa shape index (κ2) is 10.8. The molecule has 0 aromatic rings. The summed E-state index contributed by atoms with van der Waals surface area (Å²) in [6, 6.07) is 0.707. The summed E-state index contributed by atoms with van der Waals surface area (Å²) in [5, 5.41) is 3.66. The lowest BCUT2D eigenvalue weighted by Gasteiger charge is -2.24. The van der Waals surface area contributed by atoms with Crippen molar-refractivity contribution in [3.63, 3.8) is 0 Å². The van der Waals surface area contributed by atoms with Gasteiger partial charge in [-0.15, -0.1) is 0 Å². The summed E-state index contributed by atoms with van der Waals surface area (Å²) >= 11 is 0. The topological polar surface area (TPSA) is 24.5 Å². The Kier molecular flexibility index (Phi) is 9.54. The summed E-state index contributed by atoms with van der Waals surface area (Å²) in [5.41, 5.74) is 0. The molecule has 1 aliphatic heterocycles. The molecule has 0 spiro atoms. The highest BCUT2D eigenvalue weighted by Crippen LogP contribution is 2.06. The summed E-state index contributed by atoms with van der Waals surface area (Å²) in [6.45, 7) is 11.2. The molecule has 0 aliphatic carbocycles. The van der Waals surface area contributed by atoms with Crippen LogP contribution in [0.15, 0.2) is 0 Å². The fraction of sp³-hybridized carbons (Fsp3) is 1.00. The number of rotatable bonds is 9. The SMILES string of the molecule is CCCCOCCCN1CCCNC(CCC)C1. The van der Waals surface area contributed by atoms with E-state index in [1.54, 1.807) is 0 Å². The van der Waals surface area contributed by atoms with Gasteiger partial charge >= 0.3 is 0 Å². The Morgan fingerprint density at radius 2 is 2.00 bits per heavy atom. The van der Waals surface area contributed by atoms with Crippen LogP contribution in [0.1, 0.15) is 52.4 Å². The van der Waals surface area contributed by atoms with Crippen molar-refractivity contribution in [2.24, 2.45) is 0 Å². The molecule has 0 aromatic carbocycles. The minimum Gasteiger partial charge on any atom is -0.381 e. The van der Waals surface area contributed by atoms with Gasteiger partial charge in [-0.2, -0.15) is 0 Å². The molecular weight excluding hydrogens is 224 g/mol. The number of nitrogens with one attached hydrogen (secondary N) is 1. The summed E-state index contributed by atoms with van der Waals surface area (Å²) in [6.07, 6.45) is 7.50. The summed E-state index contributed by atoms with van der Waals surface area (Å²) < 4.78 is 5.63. The van der Waals surface area contributed by atoms with Gasteiger partial charge in [-0.3, -0.25) is 0 Å². The largest absolute Gasteiger partial charge is 0.381 e. The summed E-state index contributed by atoms with van der Waals surface area (Å²) in [5.74, 6) is 0. The molecule has 1 rings (SSSR count). The molecule has 1 N–H and O–H groups in total. The van der Waals surface area contributed by atoms with Crippen molar-refractivity contribution in [1.82, 2.24) is 10.2 Å². The number of unbranched alkanes of at least 4 members (excludes halogenated alkanes) is 1. The molecule has 1 heterocycles. The van der Waals surface area contributed by atoms with E-state index in [4.69, 9.17) is 4.74 Å². The van der Waals surface area contributed by atoms with Crippen molar-refractivity contribution in [3.8, 4) is 0 Å². The number of ether oxygens (including phenoxy) is 1. The van der Waals surface area contributed by atoms with Crippen LogP contribution in [0.4, 0.5) is 0 Å². The fourth-order valence-corrected chi connectivity index (χ4v) is 2.56. The van der Waals surface area contributed by atoms with Crippen LogP contribution < -0.4 is 5.32 Å². The second-order valence-electron chi connectivity index (χ2n) is 5.41. The molecule has 1 saturated heterocycles. The van der Waals surface area contributed by atoms with Gasteiger partial charge in [0, 0.05) is 32.3 Å². The van der Waals surface area contributed by atoms with Crippen molar-refractivity contribution >= 4 is 0 Å². The van der Waals surface area contributed by atoms with Gasteiger partial charge in [-0.05, 0) is 38.8 Å². The molecule has 1 aliphatic rings. The highest BCUT2D eigenvalue weighted by atomic mass is 16.5. The third kappa shape index (κ3) is 7.34. The number of hydrogen-bond acceptors (Lipinski definition) is 3. The van der Waals surface area contributed by atoms with Crippen molar-refractivity contribution in [2.75, 3.05) is 39.4 Å². The lowest BCUT2D eigenvalue weighted by Crippen LogP contribution is -2.38. The van der Waals surface area contributed by atoms with E-state index >= 15 is 0 Å². The first kappa shape index (κ1) is 15.9. The Labute approximate surface area is 113 Å². The highest BCUT2D eigenvalue weighted by Gasteiger charge is 2.16. The van der Waals surface area contributed by atoms with Crippen molar-refractivity contribution in [1.29, 1.82) is 0 Å². The molecule has 0 bridgehead atoms. The minimum atomic E-state index is 0.707. The van der Waals surface area contributed by atoms with Crippen molar-refractivity contribution in [2.45, 2.75) is 58.4 Å². The van der Waals surface area contributed by atoms with Crippen molar-refractivity contribution < 1.29 is 4.74 Å². The molecule has 3 nitrogen and oxygen atoms in total. The van der Waals surface area contributed by atoms with Crippen LogP contribution in [0, 0.1) is 0 Å². The quantitative estimate of drug-likeness (QED) is 0.642. The van der Waals surface area contributed by atoms with Crippen LogP contribution in [-0.4, -0.2) is 50.3 Å². The molecule has 0 saturated carbocycles. The van der Waals surface area contributed by atoms with Gasteiger partial charge in [0.05, 0.1) is 0 Å². The highest BCUT2D eigenvalue weighted by molar-refractivity contribution is 4.76. The van der Waals surface area contributed by atoms with Gasteiger partial charge in [0.15, 0.2) is 0 Å². The molecule has 1 fully saturated rings. The zero-order chi connectivity index (χ0) is 13.1. The lowest BCUT2D eigenvalue weighted by molar-refractivity contribution is 0.117. The van der Waals surface area contributed by atoms with Crippen molar-refractivity contribution in [3.05, 3.63) is 0 Å². The van der Waals surface area contributed by atoms with E-state index in [0.717, 1.165) is 13.2 Å². The molecule has 18 heavy (non-hydrogen) atoms. The van der Waals surface area contributed by atoms with Gasteiger partial charge in [0.25, 0.3) is 0 Å². The van der Waals surface area contributed by atoms with E-state index < -0.39 is 0 Å². The number of hydrogen-bond donors (Lipinski definition) is 1. The van der Waals surface area contributed by atoms with E-state index in [0.29, 0.717) is 6.04 Å². The lowest BCUT2D eigenvalue weighted by atomic mass is 10.1. The van der Waals surface area contributed by atoms with Gasteiger partial charge < -0.3 is 15.0 Å². The second-order valence-corrected chi connectivity index (χ2v) is 5.41. The van der Waals surface area contributed by atoms with E-state index in [1.165, 1.54) is 64.7 Å². The monoisotopic (exact) mass is 256 g/mol. The first-order chi connectivity index (χ1) is 8.86. The first-order valence-electron chi connectivity index (χ1n) is 7.90. The Bertz CT molecular complexity index is 187. The molecule has 0 radical (unpaired) electrons. The van der Waals surface area contributed by atoms with Crippen LogP contribution in [0.25, 0.3) is 0 Å². The minimum absolute atomic E-state index is 0.707. The molecule has 1 atom stereocenters. The third-order valence-corrected chi connectivity index (χ3v) is 3.61. The van der Waals surface area contributed by atoms with Crippen LogP contribution in [0.2, 0.25) is 0 Å². The van der Waals surface area contributed by atoms with Gasteiger partial charge in [-0.1, -0.05) is 26.7 Å². The van der Waals surface area contributed by atoms with E-state index in [9.17, 15) is 0 Å². The number of nitrogens with zero attached hydrogens (tertiary/aromatic N) is 1. The van der Waals surface area contributed by atoms with Crippen LogP contribution in [0.5, 0.6) is 0 Å². The normalized spacial score (nSPS) is 22.0. The molecular formula is C15H32N2O. The Morgan fingerprint density at radius 1 is 1.17 bits per heavy atom. The molecule has 108 valence electrons. The third-order valence-electron chi connectivity index (χ3n) is 3.61. The maximum absolute atomic E-state index is 5.63. The zero-order valence-corrected chi connectivity index (χ0v) is 12.4. The van der Waals surface area contributed by atoms with Crippen LogP contribution in [-0.2, 0) is 4.74 Å². The summed E-state index contributed by atoms with van der Waals surface area (Å²) in [7, 11) is 0. The van der Waals surface area contributed by atoms with E-state index in [2.05, 4.69) is 24.1 Å². The Balaban J connectivity index is 2.07. The summed E-state index contributed by atoms with van der Waals surface area (Å²) in [4.78, 5) is 2.61. The molecule has 1 unspecified atom stereocenters. The standard InChI is InChI=1S/C15H32N2O/c1-3-5-12-18-13-7-11-17-10-6-9-16-15(14-17)8-4-2/h15-16H,3-14H2,1-2H3. The Morgan fingerprint density at radius 3 is 2.78 bits per heavy atom. The molecule has 0 aromatic heterocycles. The smallest absolute Gasteiger partial charge is 0.0478 e. The van der Waals surface area contributed by atoms with Gasteiger partial charge in [0.1, 0.15) is 0 Å². The zero-order valence-electron chi connectivity index (χ0n) is 12.4. The molecule has 0 amide bonds. The first-order valence-corrected chi connectivity index (χ1v) is 7.90. The average molecular weight is 256 g/mol. The van der Waals surface area contributed by atoms with Gasteiger partial charge in [0.2, 0.25) is 0 Å².